The number of carbonyl (C=O) groups excluding carboxylic acids is 1. The summed E-state index contributed by atoms with van der Waals surface area (Å²) in [6.07, 6.45) is 1.18. The molecule has 0 aliphatic heterocycles. The molecule has 0 saturated carbocycles. The highest BCUT2D eigenvalue weighted by molar-refractivity contribution is 7.92. The Balaban J connectivity index is 1.54. The Bertz CT molecular complexity index is 1870. The highest BCUT2D eigenvalue weighted by Crippen LogP contribution is 2.32. The van der Waals surface area contributed by atoms with E-state index in [0.717, 1.165) is 12.1 Å². The fourth-order valence-corrected chi connectivity index (χ4v) is 5.33. The van der Waals surface area contributed by atoms with Crippen LogP contribution in [0.1, 0.15) is 10.4 Å². The maximum Gasteiger partial charge on any atom is 0.263 e. The highest BCUT2D eigenvalue weighted by Gasteiger charge is 2.23. The summed E-state index contributed by atoms with van der Waals surface area (Å²) >= 11 is 5.99. The van der Waals surface area contributed by atoms with Crippen LogP contribution in [0.4, 0.5) is 26.0 Å². The number of benzene rings is 3. The summed E-state index contributed by atoms with van der Waals surface area (Å²) in [4.78, 5) is 24.0. The van der Waals surface area contributed by atoms with E-state index in [1.54, 1.807) is 42.5 Å². The van der Waals surface area contributed by atoms with Crippen LogP contribution < -0.4 is 15.8 Å². The van der Waals surface area contributed by atoms with Gasteiger partial charge in [-0.2, -0.15) is 0 Å². The van der Waals surface area contributed by atoms with Crippen molar-refractivity contribution in [1.29, 1.82) is 0 Å². The summed E-state index contributed by atoms with van der Waals surface area (Å²) in [5.74, 6) is -2.89. The van der Waals surface area contributed by atoms with Gasteiger partial charge in [-0.15, -0.1) is 0 Å². The van der Waals surface area contributed by atoms with Gasteiger partial charge in [-0.3, -0.25) is 9.52 Å². The molecule has 0 radical (unpaired) electrons. The number of rotatable bonds is 7. The first-order valence-electron chi connectivity index (χ1n) is 11.2. The van der Waals surface area contributed by atoms with Crippen LogP contribution >= 0.6 is 11.6 Å². The Morgan fingerprint density at radius 2 is 1.74 bits per heavy atom. The maximum absolute atomic E-state index is 15.5. The standard InChI is InChI=1S/C26H17ClF2N6O3S/c27-16-6-1-2-7-21(16)39(37,38)35-19-9-8-17(28)23(22(19)29)34-26-24-20(31-13-32-26)11-10-18(33-24)14-4-3-5-15(12-14)25(30)36/h1-13,35H,(H2,30,36)(H,31,32,34). The van der Waals surface area contributed by atoms with Crippen LogP contribution in [0.5, 0.6) is 0 Å². The lowest BCUT2D eigenvalue weighted by Crippen LogP contribution is -2.15. The van der Waals surface area contributed by atoms with Gasteiger partial charge in [-0.05, 0) is 48.5 Å². The summed E-state index contributed by atoms with van der Waals surface area (Å²) < 4.78 is 58.0. The minimum Gasteiger partial charge on any atom is -0.366 e. The molecule has 1 amide bonds. The molecule has 0 aliphatic rings. The third-order valence-electron chi connectivity index (χ3n) is 5.63. The van der Waals surface area contributed by atoms with Crippen molar-refractivity contribution in [2.24, 2.45) is 5.73 Å². The smallest absolute Gasteiger partial charge is 0.263 e. The molecule has 2 heterocycles. The van der Waals surface area contributed by atoms with Crippen molar-refractivity contribution >= 4 is 55.8 Å². The van der Waals surface area contributed by atoms with Gasteiger partial charge in [0.1, 0.15) is 28.2 Å². The number of nitrogens with two attached hydrogens (primary N) is 1. The SMILES string of the molecule is NC(=O)c1cccc(-c2ccc3ncnc(Nc4c(F)ccc(NS(=O)(=O)c5ccccc5Cl)c4F)c3n2)c1. The number of primary amides is 1. The van der Waals surface area contributed by atoms with E-state index in [9.17, 15) is 17.6 Å². The van der Waals surface area contributed by atoms with Crippen LogP contribution in [0.25, 0.3) is 22.3 Å². The highest BCUT2D eigenvalue weighted by atomic mass is 35.5. The minimum absolute atomic E-state index is 0.0446. The minimum atomic E-state index is -4.29. The maximum atomic E-state index is 15.5. The van der Waals surface area contributed by atoms with Gasteiger partial charge in [0.2, 0.25) is 5.91 Å². The molecule has 13 heteroatoms. The number of hydrogen-bond donors (Lipinski definition) is 3. The van der Waals surface area contributed by atoms with Crippen LogP contribution in [0, 0.1) is 11.6 Å². The number of aromatic nitrogens is 3. The van der Waals surface area contributed by atoms with Crippen LogP contribution in [0.3, 0.4) is 0 Å². The number of anilines is 3. The molecule has 0 bridgehead atoms. The summed E-state index contributed by atoms with van der Waals surface area (Å²) in [6, 6.07) is 17.2. The quantitative estimate of drug-likeness (QED) is 0.244. The van der Waals surface area contributed by atoms with Crippen LogP contribution in [0.15, 0.2) is 84.0 Å². The molecule has 0 saturated heterocycles. The van der Waals surface area contributed by atoms with Gasteiger partial charge in [-0.1, -0.05) is 35.9 Å². The largest absolute Gasteiger partial charge is 0.366 e. The Morgan fingerprint density at radius 3 is 2.51 bits per heavy atom. The van der Waals surface area contributed by atoms with Crippen molar-refractivity contribution in [3.8, 4) is 11.3 Å². The molecule has 4 N–H and O–H groups in total. The van der Waals surface area contributed by atoms with Gasteiger partial charge >= 0.3 is 0 Å². The van der Waals surface area contributed by atoms with E-state index in [1.165, 1.54) is 24.5 Å². The van der Waals surface area contributed by atoms with E-state index in [1.807, 2.05) is 0 Å². The normalized spacial score (nSPS) is 11.4. The number of hydrogen-bond acceptors (Lipinski definition) is 7. The molecular formula is C26H17ClF2N6O3S. The van der Waals surface area contributed by atoms with E-state index in [4.69, 9.17) is 17.3 Å². The summed E-state index contributed by atoms with van der Waals surface area (Å²) in [5.41, 5.74) is 5.97. The Kier molecular flexibility index (Phi) is 6.81. The van der Waals surface area contributed by atoms with E-state index in [2.05, 4.69) is 25.0 Å². The molecule has 39 heavy (non-hydrogen) atoms. The number of amides is 1. The van der Waals surface area contributed by atoms with Crippen molar-refractivity contribution in [3.63, 3.8) is 0 Å². The summed E-state index contributed by atoms with van der Waals surface area (Å²) in [7, 11) is -4.29. The number of carbonyl (C=O) groups is 1. The first kappa shape index (κ1) is 25.9. The van der Waals surface area contributed by atoms with Gasteiger partial charge in [0.05, 0.1) is 21.9 Å². The molecule has 9 nitrogen and oxygen atoms in total. The van der Waals surface area contributed by atoms with Crippen LogP contribution in [0.2, 0.25) is 5.02 Å². The fraction of sp³-hybridized carbons (Fsp3) is 0. The van der Waals surface area contributed by atoms with Crippen molar-refractivity contribution in [2.45, 2.75) is 4.90 Å². The van der Waals surface area contributed by atoms with Crippen molar-refractivity contribution < 1.29 is 22.0 Å². The number of nitrogens with one attached hydrogen (secondary N) is 2. The Hall–Kier alpha value is -4.68. The molecular weight excluding hydrogens is 550 g/mol. The van der Waals surface area contributed by atoms with Gasteiger partial charge in [-0.25, -0.2) is 32.2 Å². The lowest BCUT2D eigenvalue weighted by atomic mass is 10.1. The molecule has 0 fully saturated rings. The van der Waals surface area contributed by atoms with E-state index in [0.29, 0.717) is 16.8 Å². The molecule has 0 spiro atoms. The van der Waals surface area contributed by atoms with Gasteiger partial charge in [0.15, 0.2) is 11.6 Å². The lowest BCUT2D eigenvalue weighted by molar-refractivity contribution is 0.100. The zero-order valence-electron chi connectivity index (χ0n) is 19.7. The average Bonchev–Trinajstić information content (AvgIpc) is 2.92. The van der Waals surface area contributed by atoms with E-state index >= 15 is 4.39 Å². The summed E-state index contributed by atoms with van der Waals surface area (Å²) in [6.45, 7) is 0. The molecule has 2 aromatic heterocycles. The first-order chi connectivity index (χ1) is 18.6. The monoisotopic (exact) mass is 566 g/mol. The molecule has 0 unspecified atom stereocenters. The van der Waals surface area contributed by atoms with Crippen molar-refractivity contribution in [2.75, 3.05) is 10.0 Å². The number of nitrogens with zero attached hydrogens (tertiary/aromatic N) is 3. The number of pyridine rings is 1. The first-order valence-corrected chi connectivity index (χ1v) is 13.0. The second-order valence-electron chi connectivity index (χ2n) is 8.18. The lowest BCUT2D eigenvalue weighted by Gasteiger charge is -2.14. The third-order valence-corrected chi connectivity index (χ3v) is 7.50. The molecule has 0 atom stereocenters. The second-order valence-corrected chi connectivity index (χ2v) is 10.2. The van der Waals surface area contributed by atoms with Crippen LogP contribution in [-0.2, 0) is 10.0 Å². The second kappa shape index (κ2) is 10.2. The Morgan fingerprint density at radius 1 is 0.949 bits per heavy atom. The molecule has 5 aromatic rings. The zero-order chi connectivity index (χ0) is 27.7. The number of fused-ring (bicyclic) bond motifs is 1. The predicted octanol–water partition coefficient (Wildman–Crippen LogP) is 5.27. The van der Waals surface area contributed by atoms with Crippen molar-refractivity contribution in [3.05, 3.63) is 101 Å². The van der Waals surface area contributed by atoms with Gasteiger partial charge < -0.3 is 11.1 Å². The average molecular weight is 567 g/mol. The number of halogens is 3. The summed E-state index contributed by atoms with van der Waals surface area (Å²) in [5, 5.41) is 2.50. The molecule has 0 aliphatic carbocycles. The van der Waals surface area contributed by atoms with Gasteiger partial charge in [0.25, 0.3) is 10.0 Å². The Labute approximate surface area is 225 Å². The number of sulfonamides is 1. The van der Waals surface area contributed by atoms with Gasteiger partial charge in [0, 0.05) is 11.1 Å². The molecule has 196 valence electrons. The zero-order valence-corrected chi connectivity index (χ0v) is 21.3. The molecule has 3 aromatic carbocycles. The van der Waals surface area contributed by atoms with Crippen molar-refractivity contribution in [1.82, 2.24) is 15.0 Å². The third kappa shape index (κ3) is 5.19. The molecule has 5 rings (SSSR count). The fourth-order valence-electron chi connectivity index (χ4n) is 3.75. The van der Waals surface area contributed by atoms with E-state index in [-0.39, 0.29) is 26.8 Å². The van der Waals surface area contributed by atoms with E-state index < -0.39 is 38.9 Å². The van der Waals surface area contributed by atoms with Crippen LogP contribution in [-0.4, -0.2) is 29.3 Å². The predicted molar refractivity (Wildman–Crippen MR) is 143 cm³/mol. The topological polar surface area (TPSA) is 140 Å².